The number of primary amides is 1. The van der Waals surface area contributed by atoms with Gasteiger partial charge in [0.2, 0.25) is 0 Å². The van der Waals surface area contributed by atoms with E-state index in [1.54, 1.807) is 0 Å². The summed E-state index contributed by atoms with van der Waals surface area (Å²) in [5.41, 5.74) is 12.9. The van der Waals surface area contributed by atoms with Gasteiger partial charge in [0.1, 0.15) is 28.8 Å². The number of amides is 1. The van der Waals surface area contributed by atoms with Crippen molar-refractivity contribution in [2.45, 2.75) is 44.9 Å². The van der Waals surface area contributed by atoms with Crippen LogP contribution in [0.1, 0.15) is 53.2 Å². The van der Waals surface area contributed by atoms with E-state index in [9.17, 15) is 18.7 Å². The van der Waals surface area contributed by atoms with Gasteiger partial charge in [0.25, 0.3) is 5.91 Å². The Bertz CT molecular complexity index is 1420. The Morgan fingerprint density at radius 1 is 1.15 bits per heavy atom. The molecule has 1 saturated heterocycles. The summed E-state index contributed by atoms with van der Waals surface area (Å²) < 4.78 is 50.5. The number of aromatic nitrogens is 2. The number of piperidine rings is 1. The standard InChI is InChI=1S/C28H30F3N5O3/c1-13-5-15(32)11-36(10-13)27-16-3-4-22(37)24(16)34-9-18(27)17-8-21(31)26(35-25(17)28(33)38)23-19(29)6-14(12-39-2)7-20(23)30/h6-9,13,15,22,37H,3-5,10-12,32H2,1-2H3,(H2,33,38)/t13-,15+,22?/m1/s1. The van der Waals surface area contributed by atoms with Gasteiger partial charge in [0.15, 0.2) is 0 Å². The first-order valence-corrected chi connectivity index (χ1v) is 12.8. The van der Waals surface area contributed by atoms with Gasteiger partial charge in [-0.15, -0.1) is 0 Å². The number of halogens is 3. The van der Waals surface area contributed by atoms with Gasteiger partial charge in [-0.1, -0.05) is 6.92 Å². The summed E-state index contributed by atoms with van der Waals surface area (Å²) in [7, 11) is 1.38. The lowest BCUT2D eigenvalue weighted by molar-refractivity contribution is 0.0996. The van der Waals surface area contributed by atoms with Gasteiger partial charge in [0.05, 0.1) is 29.7 Å². The highest BCUT2D eigenvalue weighted by molar-refractivity contribution is 6.00. The van der Waals surface area contributed by atoms with E-state index in [4.69, 9.17) is 16.2 Å². The van der Waals surface area contributed by atoms with Crippen LogP contribution in [0.3, 0.4) is 0 Å². The van der Waals surface area contributed by atoms with E-state index in [2.05, 4.69) is 21.8 Å². The number of carbonyl (C=O) groups excluding carboxylic acids is 1. The molecule has 39 heavy (non-hydrogen) atoms. The molecule has 3 heterocycles. The summed E-state index contributed by atoms with van der Waals surface area (Å²) in [5.74, 6) is -3.89. The molecule has 0 spiro atoms. The lowest BCUT2D eigenvalue weighted by atomic mass is 9.92. The number of fused-ring (bicyclic) bond motifs is 1. The molecule has 1 amide bonds. The molecule has 2 aromatic heterocycles. The van der Waals surface area contributed by atoms with Crippen LogP contribution in [-0.4, -0.2) is 47.2 Å². The van der Waals surface area contributed by atoms with Crippen LogP contribution in [0.25, 0.3) is 22.4 Å². The zero-order valence-electron chi connectivity index (χ0n) is 21.7. The van der Waals surface area contributed by atoms with Gasteiger partial charge < -0.3 is 26.2 Å². The number of pyridine rings is 2. The first kappa shape index (κ1) is 27.0. The number of hydrogen-bond acceptors (Lipinski definition) is 7. The molecule has 1 fully saturated rings. The average Bonchev–Trinajstić information content (AvgIpc) is 3.24. The number of anilines is 1. The molecule has 5 N–H and O–H groups in total. The predicted octanol–water partition coefficient (Wildman–Crippen LogP) is 3.63. The van der Waals surface area contributed by atoms with E-state index in [0.717, 1.165) is 30.2 Å². The monoisotopic (exact) mass is 541 g/mol. The average molecular weight is 542 g/mol. The largest absolute Gasteiger partial charge is 0.387 e. The number of hydrogen-bond donors (Lipinski definition) is 3. The molecule has 11 heteroatoms. The first-order valence-electron chi connectivity index (χ1n) is 12.8. The predicted molar refractivity (Wildman–Crippen MR) is 139 cm³/mol. The molecule has 0 bridgehead atoms. The minimum Gasteiger partial charge on any atom is -0.387 e. The molecule has 1 unspecified atom stereocenters. The summed E-state index contributed by atoms with van der Waals surface area (Å²) in [5, 5.41) is 10.5. The third-order valence-corrected chi connectivity index (χ3v) is 7.32. The molecular weight excluding hydrogens is 511 g/mol. The summed E-state index contributed by atoms with van der Waals surface area (Å²) in [6.07, 6.45) is 2.54. The van der Waals surface area contributed by atoms with Crippen LogP contribution in [0.2, 0.25) is 0 Å². The highest BCUT2D eigenvalue weighted by Crippen LogP contribution is 2.44. The van der Waals surface area contributed by atoms with Crippen LogP contribution in [0, 0.1) is 23.4 Å². The maximum Gasteiger partial charge on any atom is 0.267 e. The van der Waals surface area contributed by atoms with E-state index in [0.29, 0.717) is 42.9 Å². The fourth-order valence-electron chi connectivity index (χ4n) is 5.81. The van der Waals surface area contributed by atoms with Crippen LogP contribution in [0.15, 0.2) is 24.4 Å². The van der Waals surface area contributed by atoms with E-state index in [-0.39, 0.29) is 35.4 Å². The van der Waals surface area contributed by atoms with Gasteiger partial charge in [-0.2, -0.15) is 0 Å². The first-order chi connectivity index (χ1) is 18.6. The summed E-state index contributed by atoms with van der Waals surface area (Å²) >= 11 is 0. The number of aliphatic hydroxyl groups is 1. The number of carbonyl (C=O) groups is 1. The topological polar surface area (TPSA) is 128 Å². The van der Waals surface area contributed by atoms with Gasteiger partial charge in [-0.05, 0) is 48.9 Å². The normalized spacial score (nSPS) is 20.8. The number of nitrogens with two attached hydrogens (primary N) is 2. The Hall–Kier alpha value is -3.54. The third kappa shape index (κ3) is 4.97. The molecule has 3 aromatic rings. The van der Waals surface area contributed by atoms with Crippen molar-refractivity contribution in [3.05, 3.63) is 64.4 Å². The summed E-state index contributed by atoms with van der Waals surface area (Å²) in [6, 6.07) is 2.94. The zero-order chi connectivity index (χ0) is 28.0. The Balaban J connectivity index is 1.71. The van der Waals surface area contributed by atoms with E-state index < -0.39 is 40.7 Å². The Morgan fingerprint density at radius 3 is 2.51 bits per heavy atom. The molecule has 206 valence electrons. The second-order valence-corrected chi connectivity index (χ2v) is 10.4. The quantitative estimate of drug-likeness (QED) is 0.435. The second kappa shape index (κ2) is 10.6. The Labute approximate surface area is 223 Å². The number of rotatable bonds is 6. The number of methoxy groups -OCH3 is 1. The smallest absolute Gasteiger partial charge is 0.267 e. The maximum absolute atomic E-state index is 15.6. The van der Waals surface area contributed by atoms with Crippen molar-refractivity contribution in [3.63, 3.8) is 0 Å². The van der Waals surface area contributed by atoms with Gasteiger partial charge >= 0.3 is 0 Å². The van der Waals surface area contributed by atoms with Crippen molar-refractivity contribution >= 4 is 11.6 Å². The molecular formula is C28H30F3N5O3. The fraction of sp³-hybridized carbons (Fsp3) is 0.393. The molecule has 5 rings (SSSR count). The Kier molecular flexibility index (Phi) is 7.32. The lowest BCUT2D eigenvalue weighted by Crippen LogP contribution is -2.47. The number of ether oxygens (including phenoxy) is 1. The molecule has 1 aliphatic carbocycles. The third-order valence-electron chi connectivity index (χ3n) is 7.32. The van der Waals surface area contributed by atoms with Crippen LogP contribution in [0.4, 0.5) is 18.9 Å². The SMILES string of the molecule is COCc1cc(F)c(-c2nc(C(N)=O)c(-c3cnc4c(c3N3C[C@H](C)C[C@H](N)C3)CCC4O)cc2F)c(F)c1. The van der Waals surface area contributed by atoms with Crippen molar-refractivity contribution in [2.24, 2.45) is 17.4 Å². The van der Waals surface area contributed by atoms with Crippen molar-refractivity contribution in [2.75, 3.05) is 25.1 Å². The van der Waals surface area contributed by atoms with Crippen LogP contribution in [-0.2, 0) is 17.8 Å². The van der Waals surface area contributed by atoms with Crippen LogP contribution < -0.4 is 16.4 Å². The van der Waals surface area contributed by atoms with E-state index >= 15 is 4.39 Å². The molecule has 0 saturated carbocycles. The minimum absolute atomic E-state index is 0.0408. The van der Waals surface area contributed by atoms with Crippen molar-refractivity contribution in [1.29, 1.82) is 0 Å². The van der Waals surface area contributed by atoms with Crippen LogP contribution in [0.5, 0.6) is 0 Å². The van der Waals surface area contributed by atoms with E-state index in [1.165, 1.54) is 13.3 Å². The van der Waals surface area contributed by atoms with Gasteiger partial charge in [0, 0.05) is 49.1 Å². The molecule has 3 atom stereocenters. The molecule has 0 radical (unpaired) electrons. The summed E-state index contributed by atoms with van der Waals surface area (Å²) in [4.78, 5) is 23.2. The van der Waals surface area contributed by atoms with Crippen LogP contribution >= 0.6 is 0 Å². The number of aliphatic hydroxyl groups excluding tert-OH is 1. The number of benzene rings is 1. The summed E-state index contributed by atoms with van der Waals surface area (Å²) in [6.45, 7) is 3.19. The Morgan fingerprint density at radius 2 is 1.87 bits per heavy atom. The second-order valence-electron chi connectivity index (χ2n) is 10.4. The highest BCUT2D eigenvalue weighted by atomic mass is 19.1. The fourth-order valence-corrected chi connectivity index (χ4v) is 5.81. The minimum atomic E-state index is -1.05. The maximum atomic E-state index is 15.6. The van der Waals surface area contributed by atoms with Gasteiger partial charge in [-0.3, -0.25) is 9.78 Å². The lowest BCUT2D eigenvalue weighted by Gasteiger charge is -2.38. The zero-order valence-corrected chi connectivity index (χ0v) is 21.7. The van der Waals surface area contributed by atoms with Crippen molar-refractivity contribution in [1.82, 2.24) is 9.97 Å². The van der Waals surface area contributed by atoms with Gasteiger partial charge in [-0.25, -0.2) is 18.2 Å². The van der Waals surface area contributed by atoms with Crippen molar-refractivity contribution < 1.29 is 27.8 Å². The number of nitrogens with zero attached hydrogens (tertiary/aromatic N) is 3. The highest BCUT2D eigenvalue weighted by Gasteiger charge is 2.34. The molecule has 2 aliphatic rings. The molecule has 8 nitrogen and oxygen atoms in total. The molecule has 1 aromatic carbocycles. The molecule has 1 aliphatic heterocycles. The van der Waals surface area contributed by atoms with E-state index in [1.807, 2.05) is 0 Å². The van der Waals surface area contributed by atoms with Crippen molar-refractivity contribution in [3.8, 4) is 22.4 Å².